The fourth-order valence-corrected chi connectivity index (χ4v) is 2.13. The third-order valence-electron chi connectivity index (χ3n) is 2.18. The number of hydrogen-bond donors (Lipinski definition) is 0. The Morgan fingerprint density at radius 2 is 2.09 bits per heavy atom. The molecular formula is C9H10BrN. The number of halogens is 1. The highest BCUT2D eigenvalue weighted by molar-refractivity contribution is 9.10. The molecule has 1 aromatic heterocycles. The molecule has 2 rings (SSSR count). The minimum atomic E-state index is 1.16. The molecule has 0 bridgehead atoms. The first-order valence-corrected chi connectivity index (χ1v) is 4.79. The van der Waals surface area contributed by atoms with Crippen LogP contribution in [0, 0.1) is 0 Å². The first-order chi connectivity index (χ1) is 5.38. The van der Waals surface area contributed by atoms with E-state index in [-0.39, 0.29) is 0 Å². The fraction of sp³-hybridized carbons (Fsp3) is 0.444. The Morgan fingerprint density at radius 3 is 2.91 bits per heavy atom. The molecule has 11 heavy (non-hydrogen) atoms. The molecule has 1 aliphatic rings. The minimum Gasteiger partial charge on any atom is -0.261 e. The monoisotopic (exact) mass is 211 g/mol. The van der Waals surface area contributed by atoms with Crippen LogP contribution in [0.4, 0.5) is 0 Å². The second-order valence-corrected chi connectivity index (χ2v) is 3.78. The SMILES string of the molecule is Brc1ccnc2c1CCCC2. The van der Waals surface area contributed by atoms with E-state index in [2.05, 4.69) is 20.9 Å². The number of hydrogen-bond acceptors (Lipinski definition) is 1. The standard InChI is InChI=1S/C9H10BrN/c10-8-5-6-11-9-4-2-1-3-7(8)9/h5-6H,1-4H2. The third-order valence-corrected chi connectivity index (χ3v) is 2.92. The van der Waals surface area contributed by atoms with E-state index >= 15 is 0 Å². The van der Waals surface area contributed by atoms with Crippen molar-refractivity contribution in [2.45, 2.75) is 25.7 Å². The lowest BCUT2D eigenvalue weighted by Crippen LogP contribution is -2.05. The summed E-state index contributed by atoms with van der Waals surface area (Å²) in [6.07, 6.45) is 6.86. The van der Waals surface area contributed by atoms with Gasteiger partial charge in [0, 0.05) is 16.4 Å². The fourth-order valence-electron chi connectivity index (χ4n) is 1.58. The van der Waals surface area contributed by atoms with Gasteiger partial charge in [-0.1, -0.05) is 15.9 Å². The maximum atomic E-state index is 4.35. The quantitative estimate of drug-likeness (QED) is 0.644. The van der Waals surface area contributed by atoms with Crippen LogP contribution < -0.4 is 0 Å². The summed E-state index contributed by atoms with van der Waals surface area (Å²) in [5.74, 6) is 0. The van der Waals surface area contributed by atoms with Crippen molar-refractivity contribution in [1.82, 2.24) is 4.98 Å². The van der Waals surface area contributed by atoms with Crippen LogP contribution in [0.5, 0.6) is 0 Å². The van der Waals surface area contributed by atoms with Crippen molar-refractivity contribution in [3.05, 3.63) is 28.0 Å². The molecule has 0 N–H and O–H groups in total. The largest absolute Gasteiger partial charge is 0.261 e. The molecule has 0 aromatic carbocycles. The Bertz CT molecular complexity index is 270. The van der Waals surface area contributed by atoms with E-state index in [1.165, 1.54) is 35.0 Å². The molecule has 0 fully saturated rings. The second kappa shape index (κ2) is 2.94. The summed E-state index contributed by atoms with van der Waals surface area (Å²) in [7, 11) is 0. The van der Waals surface area contributed by atoms with Crippen molar-refractivity contribution < 1.29 is 0 Å². The summed E-state index contributed by atoms with van der Waals surface area (Å²) in [5.41, 5.74) is 2.73. The number of aryl methyl sites for hydroxylation is 1. The average Bonchev–Trinajstić information content (AvgIpc) is 2.06. The molecule has 0 aliphatic heterocycles. The molecule has 0 spiro atoms. The third kappa shape index (κ3) is 1.32. The molecule has 2 heteroatoms. The van der Waals surface area contributed by atoms with E-state index in [0.29, 0.717) is 0 Å². The molecule has 1 aliphatic carbocycles. The van der Waals surface area contributed by atoms with Crippen LogP contribution in [-0.4, -0.2) is 4.98 Å². The first kappa shape index (κ1) is 7.29. The van der Waals surface area contributed by atoms with Crippen LogP contribution in [0.1, 0.15) is 24.1 Å². The Morgan fingerprint density at radius 1 is 1.27 bits per heavy atom. The number of aromatic nitrogens is 1. The van der Waals surface area contributed by atoms with E-state index in [1.54, 1.807) is 0 Å². The normalized spacial score (nSPS) is 16.1. The number of pyridine rings is 1. The molecule has 0 amide bonds. The van der Waals surface area contributed by atoms with Crippen molar-refractivity contribution in [3.63, 3.8) is 0 Å². The maximum Gasteiger partial charge on any atom is 0.0446 e. The van der Waals surface area contributed by atoms with Gasteiger partial charge in [-0.15, -0.1) is 0 Å². The molecule has 58 valence electrons. The Balaban J connectivity index is 2.49. The average molecular weight is 212 g/mol. The topological polar surface area (TPSA) is 12.9 Å². The maximum absolute atomic E-state index is 4.35. The van der Waals surface area contributed by atoms with Gasteiger partial charge in [0.25, 0.3) is 0 Å². The van der Waals surface area contributed by atoms with E-state index in [0.717, 1.165) is 6.42 Å². The van der Waals surface area contributed by atoms with Gasteiger partial charge in [0.05, 0.1) is 0 Å². The molecule has 0 atom stereocenters. The van der Waals surface area contributed by atoms with E-state index in [4.69, 9.17) is 0 Å². The van der Waals surface area contributed by atoms with Gasteiger partial charge < -0.3 is 0 Å². The highest BCUT2D eigenvalue weighted by Crippen LogP contribution is 2.25. The van der Waals surface area contributed by atoms with Gasteiger partial charge in [-0.2, -0.15) is 0 Å². The summed E-state index contributed by atoms with van der Waals surface area (Å²) in [6.45, 7) is 0. The highest BCUT2D eigenvalue weighted by Gasteiger charge is 2.11. The highest BCUT2D eigenvalue weighted by atomic mass is 79.9. The van der Waals surface area contributed by atoms with Gasteiger partial charge in [0.1, 0.15) is 0 Å². The molecule has 0 radical (unpaired) electrons. The van der Waals surface area contributed by atoms with E-state index in [9.17, 15) is 0 Å². The molecule has 1 nitrogen and oxygen atoms in total. The van der Waals surface area contributed by atoms with Crippen molar-refractivity contribution in [2.24, 2.45) is 0 Å². The number of fused-ring (bicyclic) bond motifs is 1. The van der Waals surface area contributed by atoms with Gasteiger partial charge in [-0.25, -0.2) is 0 Å². The Hall–Kier alpha value is -0.370. The lowest BCUT2D eigenvalue weighted by Gasteiger charge is -2.14. The van der Waals surface area contributed by atoms with Crippen LogP contribution in [0.25, 0.3) is 0 Å². The van der Waals surface area contributed by atoms with Crippen LogP contribution in [-0.2, 0) is 12.8 Å². The van der Waals surface area contributed by atoms with Gasteiger partial charge in [0.2, 0.25) is 0 Å². The van der Waals surface area contributed by atoms with Gasteiger partial charge in [0.15, 0.2) is 0 Å². The lowest BCUT2D eigenvalue weighted by atomic mass is 9.96. The zero-order valence-corrected chi connectivity index (χ0v) is 7.89. The Labute approximate surface area is 75.0 Å². The van der Waals surface area contributed by atoms with Crippen LogP contribution in [0.2, 0.25) is 0 Å². The second-order valence-electron chi connectivity index (χ2n) is 2.93. The summed E-state index contributed by atoms with van der Waals surface area (Å²) in [4.78, 5) is 4.35. The van der Waals surface area contributed by atoms with Gasteiger partial charge in [-0.3, -0.25) is 4.98 Å². The molecular weight excluding hydrogens is 202 g/mol. The minimum absolute atomic E-state index is 1.16. The van der Waals surface area contributed by atoms with Gasteiger partial charge in [-0.05, 0) is 37.3 Å². The van der Waals surface area contributed by atoms with E-state index in [1.807, 2.05) is 12.3 Å². The zero-order chi connectivity index (χ0) is 7.68. The lowest BCUT2D eigenvalue weighted by molar-refractivity contribution is 0.665. The van der Waals surface area contributed by atoms with E-state index < -0.39 is 0 Å². The predicted octanol–water partition coefficient (Wildman–Crippen LogP) is 2.72. The molecule has 0 saturated carbocycles. The summed E-state index contributed by atoms with van der Waals surface area (Å²) < 4.78 is 1.24. The molecule has 1 aromatic rings. The van der Waals surface area contributed by atoms with Crippen molar-refractivity contribution in [2.75, 3.05) is 0 Å². The zero-order valence-electron chi connectivity index (χ0n) is 6.31. The van der Waals surface area contributed by atoms with Crippen molar-refractivity contribution in [3.8, 4) is 0 Å². The van der Waals surface area contributed by atoms with Crippen LogP contribution in [0.15, 0.2) is 16.7 Å². The summed E-state index contributed by atoms with van der Waals surface area (Å²) in [5, 5.41) is 0. The van der Waals surface area contributed by atoms with Gasteiger partial charge >= 0.3 is 0 Å². The van der Waals surface area contributed by atoms with Crippen molar-refractivity contribution >= 4 is 15.9 Å². The Kier molecular flexibility index (Phi) is 1.95. The number of rotatable bonds is 0. The summed E-state index contributed by atoms with van der Waals surface area (Å²) in [6, 6.07) is 2.03. The van der Waals surface area contributed by atoms with Crippen molar-refractivity contribution in [1.29, 1.82) is 0 Å². The number of nitrogens with zero attached hydrogens (tertiary/aromatic N) is 1. The van der Waals surface area contributed by atoms with Crippen LogP contribution >= 0.6 is 15.9 Å². The van der Waals surface area contributed by atoms with Crippen LogP contribution in [0.3, 0.4) is 0 Å². The molecule has 0 saturated heterocycles. The molecule has 1 heterocycles. The first-order valence-electron chi connectivity index (χ1n) is 4.00. The predicted molar refractivity (Wildman–Crippen MR) is 48.6 cm³/mol. The summed E-state index contributed by atoms with van der Waals surface area (Å²) >= 11 is 3.54. The molecule has 0 unspecified atom stereocenters. The smallest absolute Gasteiger partial charge is 0.0446 e.